The van der Waals surface area contributed by atoms with Crippen LogP contribution in [0.3, 0.4) is 0 Å². The summed E-state index contributed by atoms with van der Waals surface area (Å²) in [7, 11) is 0. The van der Waals surface area contributed by atoms with Crippen molar-refractivity contribution >= 4 is 11.9 Å². The van der Waals surface area contributed by atoms with E-state index in [2.05, 4.69) is 10.6 Å². The fourth-order valence-electron chi connectivity index (χ4n) is 1.87. The van der Waals surface area contributed by atoms with Crippen LogP contribution in [0.1, 0.15) is 33.6 Å². The zero-order valence-electron chi connectivity index (χ0n) is 11.7. The summed E-state index contributed by atoms with van der Waals surface area (Å²) in [5.41, 5.74) is -2.20. The van der Waals surface area contributed by atoms with Gasteiger partial charge in [-0.25, -0.2) is 4.79 Å². The van der Waals surface area contributed by atoms with Gasteiger partial charge in [-0.05, 0) is 33.6 Å². The van der Waals surface area contributed by atoms with E-state index in [1.54, 1.807) is 20.8 Å². The number of rotatable bonds is 3. The highest BCUT2D eigenvalue weighted by molar-refractivity contribution is 6.07. The topological polar surface area (TPSA) is 76.7 Å². The molecule has 0 bridgehead atoms. The van der Waals surface area contributed by atoms with Crippen LogP contribution in [0.4, 0.5) is 0 Å². The predicted molar refractivity (Wildman–Crippen MR) is 68.6 cm³/mol. The van der Waals surface area contributed by atoms with E-state index in [1.165, 1.54) is 0 Å². The van der Waals surface area contributed by atoms with Crippen LogP contribution in [-0.2, 0) is 19.1 Å². The molecule has 0 aromatic heterocycles. The highest BCUT2D eigenvalue weighted by Crippen LogP contribution is 2.24. The van der Waals surface area contributed by atoms with Gasteiger partial charge in [-0.1, -0.05) is 0 Å². The van der Waals surface area contributed by atoms with Crippen molar-refractivity contribution in [1.82, 2.24) is 10.6 Å². The molecule has 2 rings (SSSR count). The van der Waals surface area contributed by atoms with Gasteiger partial charge in [-0.2, -0.15) is 0 Å². The van der Waals surface area contributed by atoms with Crippen LogP contribution in [-0.4, -0.2) is 48.8 Å². The first kappa shape index (κ1) is 14.3. The van der Waals surface area contributed by atoms with Gasteiger partial charge in [0.05, 0.1) is 6.61 Å². The highest BCUT2D eigenvalue weighted by atomic mass is 16.6. The van der Waals surface area contributed by atoms with Gasteiger partial charge in [-0.3, -0.25) is 4.79 Å². The number of ether oxygens (including phenoxy) is 2. The number of amides is 1. The Kier molecular flexibility index (Phi) is 3.82. The average Bonchev–Trinajstić information content (AvgIpc) is 3.11. The van der Waals surface area contributed by atoms with Crippen LogP contribution in [0.5, 0.6) is 0 Å². The van der Waals surface area contributed by atoms with E-state index >= 15 is 0 Å². The molecule has 2 N–H and O–H groups in total. The molecule has 19 heavy (non-hydrogen) atoms. The number of esters is 1. The molecule has 0 aromatic rings. The lowest BCUT2D eigenvalue weighted by Crippen LogP contribution is -2.64. The third-order valence-corrected chi connectivity index (χ3v) is 3.01. The summed E-state index contributed by atoms with van der Waals surface area (Å²) in [5, 5.41) is 5.86. The molecule has 0 radical (unpaired) electrons. The number of carbonyl (C=O) groups excluding carboxylic acids is 2. The van der Waals surface area contributed by atoms with Gasteiger partial charge in [0.2, 0.25) is 0 Å². The molecule has 1 saturated heterocycles. The van der Waals surface area contributed by atoms with Crippen molar-refractivity contribution in [3.05, 3.63) is 0 Å². The van der Waals surface area contributed by atoms with Crippen molar-refractivity contribution < 1.29 is 19.1 Å². The molecule has 6 nitrogen and oxygen atoms in total. The van der Waals surface area contributed by atoms with Gasteiger partial charge in [0.15, 0.2) is 0 Å². The maximum Gasteiger partial charge on any atom is 0.350 e. The van der Waals surface area contributed by atoms with Crippen LogP contribution in [0, 0.1) is 0 Å². The molecule has 1 saturated carbocycles. The fraction of sp³-hybridized carbons (Fsp3) is 0.846. The Morgan fingerprint density at radius 3 is 2.53 bits per heavy atom. The Morgan fingerprint density at radius 1 is 1.37 bits per heavy atom. The minimum atomic E-state index is -1.55. The van der Waals surface area contributed by atoms with Gasteiger partial charge in [0.25, 0.3) is 11.5 Å². The summed E-state index contributed by atoms with van der Waals surface area (Å²) >= 11 is 0. The van der Waals surface area contributed by atoms with E-state index in [0.717, 1.165) is 12.8 Å². The predicted octanol–water partition coefficient (Wildman–Crippen LogP) is -0.0347. The second-order valence-electron chi connectivity index (χ2n) is 6.10. The molecule has 6 heteroatoms. The maximum absolute atomic E-state index is 12.3. The first-order valence-electron chi connectivity index (χ1n) is 6.73. The van der Waals surface area contributed by atoms with Crippen LogP contribution < -0.4 is 10.6 Å². The molecule has 0 spiro atoms. The lowest BCUT2D eigenvalue weighted by Gasteiger charge is -2.36. The molecular weight excluding hydrogens is 248 g/mol. The Morgan fingerprint density at radius 2 is 2.05 bits per heavy atom. The number of morpholine rings is 1. The number of hydrogen-bond acceptors (Lipinski definition) is 5. The van der Waals surface area contributed by atoms with Crippen LogP contribution in [0.25, 0.3) is 0 Å². The van der Waals surface area contributed by atoms with E-state index in [1.807, 2.05) is 0 Å². The molecule has 0 aromatic carbocycles. The molecule has 1 amide bonds. The van der Waals surface area contributed by atoms with Crippen molar-refractivity contribution in [3.63, 3.8) is 0 Å². The summed E-state index contributed by atoms with van der Waals surface area (Å²) < 4.78 is 10.9. The van der Waals surface area contributed by atoms with E-state index < -0.39 is 23.1 Å². The fourth-order valence-corrected chi connectivity index (χ4v) is 1.87. The standard InChI is InChI=1S/C13H22N2O4/c1-12(2,3)19-11(17)13(8-14-6-7-18-13)10(16)15-9-4-5-9/h9,14H,4-8H2,1-3H3,(H,15,16). The lowest BCUT2D eigenvalue weighted by atomic mass is 10.0. The minimum Gasteiger partial charge on any atom is -0.457 e. The molecule has 1 aliphatic heterocycles. The summed E-state index contributed by atoms with van der Waals surface area (Å²) in [5.74, 6) is -1.01. The average molecular weight is 270 g/mol. The van der Waals surface area contributed by atoms with Crippen LogP contribution in [0.15, 0.2) is 0 Å². The number of carbonyl (C=O) groups is 2. The van der Waals surface area contributed by atoms with E-state index in [9.17, 15) is 9.59 Å². The van der Waals surface area contributed by atoms with Gasteiger partial charge < -0.3 is 20.1 Å². The van der Waals surface area contributed by atoms with Crippen LogP contribution >= 0.6 is 0 Å². The number of nitrogens with one attached hydrogen (secondary N) is 2. The smallest absolute Gasteiger partial charge is 0.350 e. The molecule has 108 valence electrons. The SMILES string of the molecule is CC(C)(C)OC(=O)C1(C(=O)NC2CC2)CNCCO1. The Balaban J connectivity index is 2.12. The highest BCUT2D eigenvalue weighted by Gasteiger charge is 2.52. The second-order valence-corrected chi connectivity index (χ2v) is 6.10. The lowest BCUT2D eigenvalue weighted by molar-refractivity contribution is -0.190. The third kappa shape index (κ3) is 3.45. The first-order chi connectivity index (χ1) is 8.83. The van der Waals surface area contributed by atoms with Crippen molar-refractivity contribution in [2.45, 2.75) is 50.9 Å². The molecule has 1 atom stereocenters. The normalized spacial score (nSPS) is 27.7. The van der Waals surface area contributed by atoms with Crippen molar-refractivity contribution in [3.8, 4) is 0 Å². The van der Waals surface area contributed by atoms with Gasteiger partial charge in [-0.15, -0.1) is 0 Å². The molecular formula is C13H22N2O4. The Hall–Kier alpha value is -1.14. The van der Waals surface area contributed by atoms with Gasteiger partial charge >= 0.3 is 5.97 Å². The second kappa shape index (κ2) is 5.09. The number of hydrogen-bond donors (Lipinski definition) is 2. The summed E-state index contributed by atoms with van der Waals surface area (Å²) in [6.45, 7) is 6.41. The summed E-state index contributed by atoms with van der Waals surface area (Å²) in [6.07, 6.45) is 1.92. The molecule has 1 heterocycles. The van der Waals surface area contributed by atoms with Crippen LogP contribution in [0.2, 0.25) is 0 Å². The van der Waals surface area contributed by atoms with Gasteiger partial charge in [0, 0.05) is 19.1 Å². The first-order valence-corrected chi connectivity index (χ1v) is 6.73. The van der Waals surface area contributed by atoms with Crippen molar-refractivity contribution in [2.24, 2.45) is 0 Å². The molecule has 2 fully saturated rings. The van der Waals surface area contributed by atoms with Crippen molar-refractivity contribution in [1.29, 1.82) is 0 Å². The Bertz CT molecular complexity index is 365. The molecule has 2 aliphatic rings. The van der Waals surface area contributed by atoms with E-state index in [0.29, 0.717) is 13.2 Å². The van der Waals surface area contributed by atoms with Gasteiger partial charge in [0.1, 0.15) is 5.60 Å². The summed E-state index contributed by atoms with van der Waals surface area (Å²) in [6, 6.07) is 0.178. The monoisotopic (exact) mass is 270 g/mol. The summed E-state index contributed by atoms with van der Waals surface area (Å²) in [4.78, 5) is 24.7. The molecule has 1 aliphatic carbocycles. The molecule has 1 unspecified atom stereocenters. The largest absolute Gasteiger partial charge is 0.457 e. The zero-order valence-corrected chi connectivity index (χ0v) is 11.7. The minimum absolute atomic E-state index is 0.153. The zero-order chi connectivity index (χ0) is 14.1. The van der Waals surface area contributed by atoms with Crippen molar-refractivity contribution in [2.75, 3.05) is 19.7 Å². The third-order valence-electron chi connectivity index (χ3n) is 3.01. The quantitative estimate of drug-likeness (QED) is 0.556. The Labute approximate surface area is 113 Å². The maximum atomic E-state index is 12.3. The van der Waals surface area contributed by atoms with E-state index in [-0.39, 0.29) is 12.6 Å². The van der Waals surface area contributed by atoms with E-state index in [4.69, 9.17) is 9.47 Å².